The van der Waals surface area contributed by atoms with E-state index in [9.17, 15) is 0 Å². The van der Waals surface area contributed by atoms with Gasteiger partial charge in [-0.05, 0) is 40.6 Å². The lowest BCUT2D eigenvalue weighted by Gasteiger charge is -2.19. The predicted molar refractivity (Wildman–Crippen MR) is 116 cm³/mol. The van der Waals surface area contributed by atoms with Crippen LogP contribution in [0.2, 0.25) is 5.02 Å². The minimum atomic E-state index is 0.116. The van der Waals surface area contributed by atoms with Gasteiger partial charge in [-0.25, -0.2) is 4.99 Å². The number of nitrogens with one attached hydrogen (secondary N) is 1. The van der Waals surface area contributed by atoms with E-state index < -0.39 is 0 Å². The second-order valence-electron chi connectivity index (χ2n) is 7.50. The Kier molecular flexibility index (Phi) is 4.62. The number of halogens is 1. The van der Waals surface area contributed by atoms with Crippen molar-refractivity contribution in [3.05, 3.63) is 86.6 Å². The molecule has 0 aliphatic carbocycles. The fourth-order valence-corrected chi connectivity index (χ4v) is 3.87. The quantitative estimate of drug-likeness (QED) is 0.558. The van der Waals surface area contributed by atoms with Gasteiger partial charge in [0.1, 0.15) is 5.71 Å². The number of hydrogen-bond donors (Lipinski definition) is 1. The van der Waals surface area contributed by atoms with Crippen molar-refractivity contribution in [1.29, 1.82) is 0 Å². The normalized spacial score (nSPS) is 13.9. The van der Waals surface area contributed by atoms with Gasteiger partial charge in [0, 0.05) is 16.1 Å². The number of hydrogen-bond acceptors (Lipinski definition) is 4. The van der Waals surface area contributed by atoms with Crippen LogP contribution in [0.4, 0.5) is 5.69 Å². The highest BCUT2D eigenvalue weighted by Gasteiger charge is 2.19. The molecule has 0 radical (unpaired) electrons. The third kappa shape index (κ3) is 3.68. The third-order valence-corrected chi connectivity index (χ3v) is 5.61. The average molecular weight is 394 g/mol. The standard InChI is InChI=1S/C22H20ClN3S/c1-22(2,3)15-8-6-14(7-9-15)21-24-18-11-10-16(23)13-17(18)20(25-26-21)19-5-4-12-27-19/h4-13H,1-3H3,(H,24,26). The zero-order chi connectivity index (χ0) is 19.0. The van der Waals surface area contributed by atoms with E-state index in [1.54, 1.807) is 11.3 Å². The second-order valence-corrected chi connectivity index (χ2v) is 8.88. The Bertz CT molecular complexity index is 1030. The van der Waals surface area contributed by atoms with Gasteiger partial charge >= 0.3 is 0 Å². The van der Waals surface area contributed by atoms with E-state index in [-0.39, 0.29) is 5.41 Å². The molecule has 1 aromatic heterocycles. The summed E-state index contributed by atoms with van der Waals surface area (Å²) in [6.07, 6.45) is 0. The summed E-state index contributed by atoms with van der Waals surface area (Å²) >= 11 is 7.89. The van der Waals surface area contributed by atoms with Crippen LogP contribution in [-0.4, -0.2) is 11.5 Å². The van der Waals surface area contributed by atoms with E-state index in [2.05, 4.69) is 61.6 Å². The number of hydrazone groups is 1. The first-order valence-electron chi connectivity index (χ1n) is 8.79. The Morgan fingerprint density at radius 2 is 1.78 bits per heavy atom. The van der Waals surface area contributed by atoms with Crippen LogP contribution in [-0.2, 0) is 5.41 Å². The molecule has 0 saturated carbocycles. The molecule has 0 spiro atoms. The van der Waals surface area contributed by atoms with Gasteiger partial charge < -0.3 is 0 Å². The Hall–Kier alpha value is -2.43. The highest BCUT2D eigenvalue weighted by Crippen LogP contribution is 2.30. The highest BCUT2D eigenvalue weighted by atomic mass is 35.5. The molecule has 2 aromatic carbocycles. The van der Waals surface area contributed by atoms with E-state index in [0.717, 1.165) is 33.2 Å². The summed E-state index contributed by atoms with van der Waals surface area (Å²) in [6, 6.07) is 18.3. The molecule has 0 unspecified atom stereocenters. The molecule has 27 heavy (non-hydrogen) atoms. The fourth-order valence-electron chi connectivity index (χ4n) is 2.97. The largest absolute Gasteiger partial charge is 0.260 e. The van der Waals surface area contributed by atoms with Crippen molar-refractivity contribution < 1.29 is 0 Å². The minimum Gasteiger partial charge on any atom is -0.260 e. The molecule has 5 heteroatoms. The van der Waals surface area contributed by atoms with Crippen LogP contribution in [0.3, 0.4) is 0 Å². The molecule has 1 aliphatic rings. The van der Waals surface area contributed by atoms with Crippen molar-refractivity contribution >= 4 is 40.2 Å². The van der Waals surface area contributed by atoms with Crippen LogP contribution in [0.15, 0.2) is 70.1 Å². The zero-order valence-corrected chi connectivity index (χ0v) is 17.0. The molecule has 0 bridgehead atoms. The lowest BCUT2D eigenvalue weighted by molar-refractivity contribution is 0.590. The molecular formula is C22H20ClN3S. The van der Waals surface area contributed by atoms with Crippen molar-refractivity contribution in [1.82, 2.24) is 5.43 Å². The van der Waals surface area contributed by atoms with Crippen LogP contribution < -0.4 is 5.43 Å². The van der Waals surface area contributed by atoms with Crippen molar-refractivity contribution in [2.75, 3.05) is 0 Å². The Balaban J connectivity index is 1.79. The maximum Gasteiger partial charge on any atom is 0.154 e. The molecule has 0 amide bonds. The van der Waals surface area contributed by atoms with E-state index >= 15 is 0 Å². The number of aliphatic imine (C=N–C) groups is 1. The molecule has 136 valence electrons. The van der Waals surface area contributed by atoms with Crippen LogP contribution in [0.25, 0.3) is 0 Å². The molecule has 1 N–H and O–H groups in total. The van der Waals surface area contributed by atoms with Gasteiger partial charge in [-0.2, -0.15) is 5.10 Å². The topological polar surface area (TPSA) is 36.8 Å². The second kappa shape index (κ2) is 6.95. The smallest absolute Gasteiger partial charge is 0.154 e. The first kappa shape index (κ1) is 18.0. The van der Waals surface area contributed by atoms with Crippen molar-refractivity contribution in [3.8, 4) is 0 Å². The van der Waals surface area contributed by atoms with Crippen molar-refractivity contribution in [2.45, 2.75) is 26.2 Å². The van der Waals surface area contributed by atoms with Crippen LogP contribution in [0.1, 0.15) is 42.3 Å². The summed E-state index contributed by atoms with van der Waals surface area (Å²) in [5.41, 5.74) is 8.20. The number of benzene rings is 2. The van der Waals surface area contributed by atoms with E-state index in [1.807, 2.05) is 29.6 Å². The van der Waals surface area contributed by atoms with Crippen LogP contribution in [0.5, 0.6) is 0 Å². The lowest BCUT2D eigenvalue weighted by Crippen LogP contribution is -2.20. The summed E-state index contributed by atoms with van der Waals surface area (Å²) in [5, 5.41) is 7.38. The Labute approximate surface area is 168 Å². The number of fused-ring (bicyclic) bond motifs is 1. The minimum absolute atomic E-state index is 0.116. The lowest BCUT2D eigenvalue weighted by atomic mass is 9.86. The van der Waals surface area contributed by atoms with Crippen molar-refractivity contribution in [2.24, 2.45) is 10.1 Å². The number of nitrogens with zero attached hydrogens (tertiary/aromatic N) is 2. The molecule has 2 heterocycles. The summed E-state index contributed by atoms with van der Waals surface area (Å²) in [7, 11) is 0. The summed E-state index contributed by atoms with van der Waals surface area (Å²) in [4.78, 5) is 5.91. The Morgan fingerprint density at radius 1 is 1.00 bits per heavy atom. The monoisotopic (exact) mass is 393 g/mol. The van der Waals surface area contributed by atoms with Crippen LogP contribution >= 0.6 is 22.9 Å². The summed E-state index contributed by atoms with van der Waals surface area (Å²) in [5.74, 6) is 0.727. The number of amidine groups is 1. The molecule has 3 aromatic rings. The van der Waals surface area contributed by atoms with Gasteiger partial charge in [0.15, 0.2) is 5.84 Å². The van der Waals surface area contributed by atoms with E-state index in [0.29, 0.717) is 5.02 Å². The molecule has 4 rings (SSSR count). The summed E-state index contributed by atoms with van der Waals surface area (Å²) < 4.78 is 0. The fraction of sp³-hybridized carbons (Fsp3) is 0.182. The van der Waals surface area contributed by atoms with Gasteiger partial charge in [-0.15, -0.1) is 11.3 Å². The van der Waals surface area contributed by atoms with Gasteiger partial charge in [0.25, 0.3) is 0 Å². The van der Waals surface area contributed by atoms with Gasteiger partial charge in [0.05, 0.1) is 10.6 Å². The predicted octanol–water partition coefficient (Wildman–Crippen LogP) is 6.13. The Morgan fingerprint density at radius 3 is 2.44 bits per heavy atom. The van der Waals surface area contributed by atoms with Crippen molar-refractivity contribution in [3.63, 3.8) is 0 Å². The zero-order valence-electron chi connectivity index (χ0n) is 15.5. The molecule has 0 saturated heterocycles. The van der Waals surface area contributed by atoms with E-state index in [1.165, 1.54) is 5.56 Å². The van der Waals surface area contributed by atoms with Gasteiger partial charge in [-0.1, -0.05) is 62.7 Å². The highest BCUT2D eigenvalue weighted by molar-refractivity contribution is 7.12. The maximum absolute atomic E-state index is 6.25. The first-order valence-corrected chi connectivity index (χ1v) is 10.0. The molecule has 1 aliphatic heterocycles. The van der Waals surface area contributed by atoms with Gasteiger partial charge in [-0.3, -0.25) is 5.43 Å². The third-order valence-electron chi connectivity index (χ3n) is 4.50. The number of rotatable bonds is 2. The SMILES string of the molecule is CC(C)(C)c1ccc(C2=Nc3ccc(Cl)cc3C(c3cccs3)=NN2)cc1. The summed E-state index contributed by atoms with van der Waals surface area (Å²) in [6.45, 7) is 6.63. The molecule has 3 nitrogen and oxygen atoms in total. The molecule has 0 fully saturated rings. The molecule has 0 atom stereocenters. The number of thiophene rings is 1. The molecular weight excluding hydrogens is 374 g/mol. The van der Waals surface area contributed by atoms with Crippen LogP contribution in [0, 0.1) is 0 Å². The maximum atomic E-state index is 6.25. The van der Waals surface area contributed by atoms with E-state index in [4.69, 9.17) is 16.6 Å². The first-order chi connectivity index (χ1) is 12.9. The average Bonchev–Trinajstić information content (AvgIpc) is 3.10. The van der Waals surface area contributed by atoms with Gasteiger partial charge in [0.2, 0.25) is 0 Å².